The maximum atomic E-state index is 13.5. The number of para-hydroxylation sites is 1. The second-order valence-electron chi connectivity index (χ2n) is 11.4. The quantitative estimate of drug-likeness (QED) is 0.135. The Morgan fingerprint density at radius 1 is 0.894 bits per heavy atom. The van der Waals surface area contributed by atoms with E-state index in [2.05, 4.69) is 21.9 Å². The van der Waals surface area contributed by atoms with Gasteiger partial charge in [0.2, 0.25) is 5.91 Å². The van der Waals surface area contributed by atoms with Crippen LogP contribution >= 0.6 is 11.8 Å². The molecule has 0 aliphatic carbocycles. The molecule has 4 unspecified atom stereocenters. The number of fused-ring (bicyclic) bond motifs is 1. The molecule has 0 spiro atoms. The number of nitrogens with zero attached hydrogens (tertiary/aromatic N) is 1. The molecule has 2 heterocycles. The van der Waals surface area contributed by atoms with Crippen LogP contribution in [0.1, 0.15) is 42.9 Å². The van der Waals surface area contributed by atoms with E-state index in [0.717, 1.165) is 27.1 Å². The lowest BCUT2D eigenvalue weighted by molar-refractivity contribution is -0.268. The van der Waals surface area contributed by atoms with Crippen LogP contribution in [0.4, 0.5) is 11.4 Å². The first-order valence-electron chi connectivity index (χ1n) is 15.2. The number of anilines is 2. The average molecular weight is 670 g/mol. The Balaban J connectivity index is 1.25. The van der Waals surface area contributed by atoms with Crippen molar-refractivity contribution in [2.24, 2.45) is 5.92 Å². The van der Waals surface area contributed by atoms with Crippen molar-refractivity contribution < 1.29 is 27.8 Å². The van der Waals surface area contributed by atoms with Crippen LogP contribution in [0.15, 0.2) is 119 Å². The van der Waals surface area contributed by atoms with Crippen LogP contribution in [0.5, 0.6) is 0 Å². The number of aliphatic hydroxyl groups is 1. The fraction of sp³-hybridized carbons (Fsp3) is 0.222. The van der Waals surface area contributed by atoms with E-state index in [1.165, 1.54) is 6.92 Å². The number of thioether (sulfide) groups is 1. The van der Waals surface area contributed by atoms with E-state index in [1.54, 1.807) is 54.4 Å². The first kappa shape index (κ1) is 32.7. The number of pyridine rings is 1. The number of carbonyl (C=O) groups excluding carboxylic acids is 1. The minimum absolute atomic E-state index is 0.0297. The predicted octanol–water partition coefficient (Wildman–Crippen LogP) is 7.07. The lowest BCUT2D eigenvalue weighted by atomic mass is 9.91. The number of aromatic nitrogens is 1. The van der Waals surface area contributed by atoms with Crippen molar-refractivity contribution in [1.82, 2.24) is 4.98 Å². The highest BCUT2D eigenvalue weighted by Crippen LogP contribution is 2.43. The molecule has 6 rings (SSSR count). The number of ether oxygens (including phenoxy) is 2. The second-order valence-corrected chi connectivity index (χ2v) is 14.1. The van der Waals surface area contributed by atoms with Crippen molar-refractivity contribution in [3.8, 4) is 0 Å². The Hall–Kier alpha value is -4.26. The second kappa shape index (κ2) is 14.2. The number of amides is 1. The number of sulfonamides is 1. The zero-order chi connectivity index (χ0) is 33.0. The molecule has 0 radical (unpaired) electrons. The molecule has 0 bridgehead atoms. The van der Waals surface area contributed by atoms with Crippen molar-refractivity contribution in [2.45, 2.75) is 48.7 Å². The summed E-state index contributed by atoms with van der Waals surface area (Å²) in [6.45, 7) is 3.52. The van der Waals surface area contributed by atoms with Crippen LogP contribution in [0, 0.1) is 5.92 Å². The highest BCUT2D eigenvalue weighted by molar-refractivity contribution is 7.99. The molecule has 5 aromatic rings. The summed E-state index contributed by atoms with van der Waals surface area (Å²) in [6.07, 6.45) is 0.254. The molecule has 0 saturated carbocycles. The van der Waals surface area contributed by atoms with Gasteiger partial charge in [0.1, 0.15) is 4.90 Å². The summed E-state index contributed by atoms with van der Waals surface area (Å²) in [6, 6.07) is 31.0. The molecule has 3 N–H and O–H groups in total. The Morgan fingerprint density at radius 2 is 1.64 bits per heavy atom. The number of rotatable bonds is 10. The van der Waals surface area contributed by atoms with Crippen LogP contribution in [-0.2, 0) is 30.9 Å². The van der Waals surface area contributed by atoms with Gasteiger partial charge in [-0.2, -0.15) is 0 Å². The average Bonchev–Trinajstić information content (AvgIpc) is 3.08. The van der Waals surface area contributed by atoms with Crippen LogP contribution in [0.25, 0.3) is 10.9 Å². The van der Waals surface area contributed by atoms with Crippen LogP contribution in [-0.4, -0.2) is 36.3 Å². The van der Waals surface area contributed by atoms with E-state index in [0.29, 0.717) is 22.5 Å². The van der Waals surface area contributed by atoms with E-state index < -0.39 is 16.3 Å². The van der Waals surface area contributed by atoms with E-state index >= 15 is 0 Å². The largest absolute Gasteiger partial charge is 0.392 e. The maximum absolute atomic E-state index is 13.5. The fourth-order valence-electron chi connectivity index (χ4n) is 5.58. The molecule has 47 heavy (non-hydrogen) atoms. The molecular formula is C36H35N3O6S2. The van der Waals surface area contributed by atoms with E-state index in [9.17, 15) is 18.3 Å². The minimum Gasteiger partial charge on any atom is -0.392 e. The minimum atomic E-state index is -3.96. The first-order chi connectivity index (χ1) is 22.7. The third-order valence-corrected chi connectivity index (χ3v) is 10.5. The summed E-state index contributed by atoms with van der Waals surface area (Å²) in [5.41, 5.74) is 3.93. The maximum Gasteiger partial charge on any atom is 0.264 e. The standard InChI is InChI=1S/C36H35N3O6S2/c1-23-32(22-46-31-17-15-29(16-18-31)38-24(2)41)44-36(45-35(23)27-13-11-25(21-40)12-14-27)28-7-3-9-30(20-28)39-47(42,43)33-10-4-6-26-8-5-19-37-34(26)33/h3-20,23,32,35-36,39-40H,21-22H2,1-2H3,(H,38,41). The summed E-state index contributed by atoms with van der Waals surface area (Å²) in [5.74, 6) is 0.478. The molecule has 4 atom stereocenters. The number of hydrogen-bond acceptors (Lipinski definition) is 8. The Kier molecular flexibility index (Phi) is 9.90. The predicted molar refractivity (Wildman–Crippen MR) is 183 cm³/mol. The van der Waals surface area contributed by atoms with Gasteiger partial charge >= 0.3 is 0 Å². The molecule has 9 nitrogen and oxygen atoms in total. The number of carbonyl (C=O) groups is 1. The van der Waals surface area contributed by atoms with Crippen molar-refractivity contribution >= 4 is 50.0 Å². The molecule has 242 valence electrons. The van der Waals surface area contributed by atoms with Crippen LogP contribution in [0.2, 0.25) is 0 Å². The zero-order valence-electron chi connectivity index (χ0n) is 25.9. The molecular weight excluding hydrogens is 635 g/mol. The summed E-state index contributed by atoms with van der Waals surface area (Å²) in [7, 11) is -3.96. The van der Waals surface area contributed by atoms with Crippen molar-refractivity contribution in [3.63, 3.8) is 0 Å². The molecule has 1 aliphatic heterocycles. The zero-order valence-corrected chi connectivity index (χ0v) is 27.5. The van der Waals surface area contributed by atoms with Gasteiger partial charge in [0.25, 0.3) is 10.0 Å². The monoisotopic (exact) mass is 669 g/mol. The number of nitrogens with one attached hydrogen (secondary N) is 2. The van der Waals surface area contributed by atoms with E-state index in [1.807, 2.05) is 66.7 Å². The molecule has 1 saturated heterocycles. The van der Waals surface area contributed by atoms with Gasteiger partial charge in [0, 0.05) is 52.0 Å². The number of benzene rings is 4. The van der Waals surface area contributed by atoms with E-state index in [4.69, 9.17) is 9.47 Å². The van der Waals surface area contributed by atoms with Gasteiger partial charge in [-0.25, -0.2) is 8.42 Å². The topological polar surface area (TPSA) is 127 Å². The SMILES string of the molecule is CC(=O)Nc1ccc(SCC2OC(c3cccc(NS(=O)(=O)c4cccc5cccnc45)c3)OC(c3ccc(CO)cc3)C2C)cc1. The first-order valence-corrected chi connectivity index (χ1v) is 17.6. The highest BCUT2D eigenvalue weighted by Gasteiger charge is 2.38. The number of aliphatic hydroxyl groups excluding tert-OH is 1. The van der Waals surface area contributed by atoms with Crippen molar-refractivity contribution in [1.29, 1.82) is 0 Å². The molecule has 11 heteroatoms. The normalized spacial score (nSPS) is 19.7. The highest BCUT2D eigenvalue weighted by atomic mass is 32.2. The molecule has 1 fully saturated rings. The van der Waals surface area contributed by atoms with Crippen molar-refractivity contribution in [2.75, 3.05) is 15.8 Å². The van der Waals surface area contributed by atoms with Crippen LogP contribution in [0.3, 0.4) is 0 Å². The van der Waals surface area contributed by atoms with Gasteiger partial charge in [0.15, 0.2) is 6.29 Å². The summed E-state index contributed by atoms with van der Waals surface area (Å²) in [5, 5.41) is 13.1. The Morgan fingerprint density at radius 3 is 2.38 bits per heavy atom. The van der Waals surface area contributed by atoms with Crippen LogP contribution < -0.4 is 10.0 Å². The summed E-state index contributed by atoms with van der Waals surface area (Å²) >= 11 is 1.64. The van der Waals surface area contributed by atoms with E-state index in [-0.39, 0.29) is 35.5 Å². The van der Waals surface area contributed by atoms with Gasteiger partial charge in [0.05, 0.1) is 24.3 Å². The van der Waals surface area contributed by atoms with Gasteiger partial charge in [-0.1, -0.05) is 61.5 Å². The summed E-state index contributed by atoms with van der Waals surface area (Å²) < 4.78 is 42.9. The molecule has 1 aromatic heterocycles. The summed E-state index contributed by atoms with van der Waals surface area (Å²) in [4.78, 5) is 16.8. The van der Waals surface area contributed by atoms with Gasteiger partial charge in [-0.15, -0.1) is 11.8 Å². The third-order valence-electron chi connectivity index (χ3n) is 8.01. The smallest absolute Gasteiger partial charge is 0.264 e. The van der Waals surface area contributed by atoms with Gasteiger partial charge < -0.3 is 19.9 Å². The van der Waals surface area contributed by atoms with Gasteiger partial charge in [-0.3, -0.25) is 14.5 Å². The Labute approximate surface area is 278 Å². The van der Waals surface area contributed by atoms with Gasteiger partial charge in [-0.05, 0) is 59.7 Å². The lowest BCUT2D eigenvalue weighted by Crippen LogP contribution is -2.38. The van der Waals surface area contributed by atoms with Crippen molar-refractivity contribution in [3.05, 3.63) is 126 Å². The molecule has 1 aliphatic rings. The fourth-order valence-corrected chi connectivity index (χ4v) is 7.88. The third kappa shape index (κ3) is 7.66. The molecule has 4 aromatic carbocycles. The Bertz CT molecular complexity index is 1960. The molecule has 1 amide bonds. The lowest BCUT2D eigenvalue weighted by Gasteiger charge is -2.41. The number of hydrogen-bond donors (Lipinski definition) is 3.